The maximum atomic E-state index is 5.97. The normalized spacial score (nSPS) is 12.6. The molecule has 0 aliphatic carbocycles. The predicted molar refractivity (Wildman–Crippen MR) is 78.0 cm³/mol. The molecule has 0 saturated heterocycles. The lowest BCUT2D eigenvalue weighted by atomic mass is 10.2. The van der Waals surface area contributed by atoms with Crippen LogP contribution in [0.4, 0.5) is 5.69 Å². The number of aryl methyl sites for hydroxylation is 1. The van der Waals surface area contributed by atoms with Crippen molar-refractivity contribution < 1.29 is 0 Å². The molecular formula is C13H16ClN3S. The Bertz CT molecular complexity index is 519. The fraction of sp³-hybridized carbons (Fsp3) is 0.308. The summed E-state index contributed by atoms with van der Waals surface area (Å²) >= 11 is 7.68. The van der Waals surface area contributed by atoms with E-state index in [-0.39, 0.29) is 6.04 Å². The van der Waals surface area contributed by atoms with Crippen LogP contribution >= 0.6 is 22.9 Å². The van der Waals surface area contributed by atoms with E-state index in [1.807, 2.05) is 18.3 Å². The van der Waals surface area contributed by atoms with Gasteiger partial charge in [-0.1, -0.05) is 11.6 Å². The summed E-state index contributed by atoms with van der Waals surface area (Å²) in [6, 6.07) is 5.83. The summed E-state index contributed by atoms with van der Waals surface area (Å²) in [7, 11) is 0. The maximum absolute atomic E-state index is 5.97. The number of benzene rings is 1. The van der Waals surface area contributed by atoms with Crippen LogP contribution in [0.15, 0.2) is 24.4 Å². The quantitative estimate of drug-likeness (QED) is 0.843. The standard InChI is InChI=1S/C13H16ClN3S/c1-8-6-17-13(18-8)9(2)16-7-10-3-11(14)5-12(15)4-10/h3-6,9,16H,7,15H2,1-2H3. The first-order valence-corrected chi connectivity index (χ1v) is 6.94. The van der Waals surface area contributed by atoms with Crippen LogP contribution in [0.5, 0.6) is 0 Å². The second kappa shape index (κ2) is 5.69. The van der Waals surface area contributed by atoms with Gasteiger partial charge in [-0.3, -0.25) is 0 Å². The van der Waals surface area contributed by atoms with Crippen molar-refractivity contribution in [1.82, 2.24) is 10.3 Å². The van der Waals surface area contributed by atoms with E-state index in [2.05, 4.69) is 24.1 Å². The fourth-order valence-corrected chi connectivity index (χ4v) is 2.78. The number of nitrogens with two attached hydrogens (primary N) is 1. The number of thiazole rings is 1. The monoisotopic (exact) mass is 281 g/mol. The summed E-state index contributed by atoms with van der Waals surface area (Å²) in [5.74, 6) is 0. The lowest BCUT2D eigenvalue weighted by Crippen LogP contribution is -2.17. The Labute approximate surface area is 116 Å². The molecule has 0 bridgehead atoms. The van der Waals surface area contributed by atoms with Crippen LogP contribution in [-0.2, 0) is 6.54 Å². The minimum absolute atomic E-state index is 0.226. The molecule has 1 unspecified atom stereocenters. The van der Waals surface area contributed by atoms with Crippen molar-refractivity contribution in [2.75, 3.05) is 5.73 Å². The van der Waals surface area contributed by atoms with E-state index in [0.717, 1.165) is 17.1 Å². The molecule has 0 aliphatic rings. The smallest absolute Gasteiger partial charge is 0.109 e. The second-order valence-corrected chi connectivity index (χ2v) is 6.01. The molecule has 0 fully saturated rings. The molecule has 3 N–H and O–H groups in total. The van der Waals surface area contributed by atoms with Gasteiger partial charge in [0.25, 0.3) is 0 Å². The zero-order chi connectivity index (χ0) is 13.1. The summed E-state index contributed by atoms with van der Waals surface area (Å²) < 4.78 is 0. The van der Waals surface area contributed by atoms with Gasteiger partial charge in [0.2, 0.25) is 0 Å². The van der Waals surface area contributed by atoms with Gasteiger partial charge in [0.05, 0.1) is 6.04 Å². The van der Waals surface area contributed by atoms with Gasteiger partial charge in [-0.05, 0) is 37.6 Å². The van der Waals surface area contributed by atoms with E-state index >= 15 is 0 Å². The van der Waals surface area contributed by atoms with E-state index in [1.165, 1.54) is 4.88 Å². The molecule has 96 valence electrons. The first-order chi connectivity index (χ1) is 8.54. The Morgan fingerprint density at radius 3 is 2.83 bits per heavy atom. The predicted octanol–water partition coefficient (Wildman–Crippen LogP) is 3.54. The molecule has 1 aromatic heterocycles. The van der Waals surface area contributed by atoms with Gasteiger partial charge in [0, 0.05) is 28.3 Å². The van der Waals surface area contributed by atoms with Crippen LogP contribution < -0.4 is 11.1 Å². The van der Waals surface area contributed by atoms with Gasteiger partial charge in [-0.15, -0.1) is 11.3 Å². The SMILES string of the molecule is Cc1cnc(C(C)NCc2cc(N)cc(Cl)c2)s1. The molecule has 0 spiro atoms. The summed E-state index contributed by atoms with van der Waals surface area (Å²) in [6.07, 6.45) is 1.90. The zero-order valence-corrected chi connectivity index (χ0v) is 12.0. The number of nitrogens with zero attached hydrogens (tertiary/aromatic N) is 1. The lowest BCUT2D eigenvalue weighted by molar-refractivity contribution is 0.572. The number of hydrogen-bond acceptors (Lipinski definition) is 4. The molecule has 1 atom stereocenters. The van der Waals surface area contributed by atoms with Gasteiger partial charge in [-0.2, -0.15) is 0 Å². The van der Waals surface area contributed by atoms with E-state index in [0.29, 0.717) is 10.7 Å². The number of hydrogen-bond donors (Lipinski definition) is 2. The van der Waals surface area contributed by atoms with E-state index < -0.39 is 0 Å². The summed E-state index contributed by atoms with van der Waals surface area (Å²) in [5, 5.41) is 5.19. The average Bonchev–Trinajstić information content (AvgIpc) is 2.71. The van der Waals surface area contributed by atoms with Crippen molar-refractivity contribution in [2.45, 2.75) is 26.4 Å². The van der Waals surface area contributed by atoms with E-state index in [4.69, 9.17) is 17.3 Å². The molecule has 0 amide bonds. The van der Waals surface area contributed by atoms with Crippen molar-refractivity contribution in [3.63, 3.8) is 0 Å². The zero-order valence-electron chi connectivity index (χ0n) is 10.4. The van der Waals surface area contributed by atoms with Gasteiger partial charge < -0.3 is 11.1 Å². The average molecular weight is 282 g/mol. The highest BCUT2D eigenvalue weighted by molar-refractivity contribution is 7.11. The summed E-state index contributed by atoms with van der Waals surface area (Å²) in [6.45, 7) is 4.89. The molecule has 3 nitrogen and oxygen atoms in total. The first-order valence-electron chi connectivity index (χ1n) is 5.75. The third kappa shape index (κ3) is 3.45. The molecule has 0 saturated carbocycles. The van der Waals surface area contributed by atoms with Gasteiger partial charge >= 0.3 is 0 Å². The largest absolute Gasteiger partial charge is 0.399 e. The number of nitrogens with one attached hydrogen (secondary N) is 1. The van der Waals surface area contributed by atoms with Gasteiger partial charge in [0.15, 0.2) is 0 Å². The topological polar surface area (TPSA) is 50.9 Å². The number of aromatic nitrogens is 1. The van der Waals surface area contributed by atoms with Gasteiger partial charge in [0.1, 0.15) is 5.01 Å². The Hall–Kier alpha value is -1.10. The van der Waals surface area contributed by atoms with Crippen molar-refractivity contribution in [3.05, 3.63) is 44.9 Å². The molecule has 1 heterocycles. The molecule has 1 aromatic carbocycles. The fourth-order valence-electron chi connectivity index (χ4n) is 1.71. The van der Waals surface area contributed by atoms with Crippen molar-refractivity contribution in [3.8, 4) is 0 Å². The van der Waals surface area contributed by atoms with E-state index in [9.17, 15) is 0 Å². The molecule has 18 heavy (non-hydrogen) atoms. The maximum Gasteiger partial charge on any atom is 0.109 e. The highest BCUT2D eigenvalue weighted by Crippen LogP contribution is 2.20. The highest BCUT2D eigenvalue weighted by atomic mass is 35.5. The molecule has 2 aromatic rings. The Balaban J connectivity index is 1.99. The first kappa shape index (κ1) is 13.3. The molecular weight excluding hydrogens is 266 g/mol. The minimum Gasteiger partial charge on any atom is -0.399 e. The molecule has 2 rings (SSSR count). The molecule has 0 radical (unpaired) electrons. The summed E-state index contributed by atoms with van der Waals surface area (Å²) in [4.78, 5) is 5.60. The Morgan fingerprint density at radius 2 is 2.22 bits per heavy atom. The van der Waals surface area contributed by atoms with Crippen LogP contribution in [0.3, 0.4) is 0 Å². The minimum atomic E-state index is 0.226. The van der Waals surface area contributed by atoms with E-state index in [1.54, 1.807) is 17.4 Å². The number of anilines is 1. The van der Waals surface area contributed by atoms with Crippen molar-refractivity contribution >= 4 is 28.6 Å². The van der Waals surface area contributed by atoms with Crippen LogP contribution in [0.1, 0.15) is 28.4 Å². The molecule has 5 heteroatoms. The third-order valence-electron chi connectivity index (χ3n) is 2.60. The van der Waals surface area contributed by atoms with Crippen molar-refractivity contribution in [2.24, 2.45) is 0 Å². The molecule has 0 aliphatic heterocycles. The number of halogens is 1. The second-order valence-electron chi connectivity index (χ2n) is 4.30. The summed E-state index contributed by atoms with van der Waals surface area (Å²) in [5.41, 5.74) is 7.53. The van der Waals surface area contributed by atoms with Crippen LogP contribution in [0.25, 0.3) is 0 Å². The Morgan fingerprint density at radius 1 is 1.44 bits per heavy atom. The lowest BCUT2D eigenvalue weighted by Gasteiger charge is -2.11. The third-order valence-corrected chi connectivity index (χ3v) is 3.92. The number of nitrogen functional groups attached to an aromatic ring is 1. The van der Waals surface area contributed by atoms with Crippen molar-refractivity contribution in [1.29, 1.82) is 0 Å². The highest BCUT2D eigenvalue weighted by Gasteiger charge is 2.08. The van der Waals surface area contributed by atoms with Crippen LogP contribution in [-0.4, -0.2) is 4.98 Å². The number of rotatable bonds is 4. The van der Waals surface area contributed by atoms with Crippen LogP contribution in [0.2, 0.25) is 5.02 Å². The Kier molecular flexibility index (Phi) is 4.22. The van der Waals surface area contributed by atoms with Crippen LogP contribution in [0, 0.1) is 6.92 Å². The van der Waals surface area contributed by atoms with Gasteiger partial charge in [-0.25, -0.2) is 4.98 Å².